The van der Waals surface area contributed by atoms with Crippen molar-refractivity contribution in [1.82, 2.24) is 0 Å². The number of nitrogens with zero attached hydrogens (tertiary/aromatic N) is 1. The Balaban J connectivity index is 2.96. The van der Waals surface area contributed by atoms with Gasteiger partial charge in [0, 0.05) is 5.56 Å². The molecule has 0 aliphatic heterocycles. The van der Waals surface area contributed by atoms with Crippen LogP contribution in [-0.2, 0) is 6.54 Å². The van der Waals surface area contributed by atoms with Crippen molar-refractivity contribution in [3.8, 4) is 0 Å². The molecule has 0 fully saturated rings. The van der Waals surface area contributed by atoms with Gasteiger partial charge in [-0.2, -0.15) is 0 Å². The maximum atomic E-state index is 10.5. The third-order valence-corrected chi connectivity index (χ3v) is 1.63. The van der Waals surface area contributed by atoms with Crippen molar-refractivity contribution in [2.45, 2.75) is 6.54 Å². The number of hydrogen-bond acceptors (Lipinski definition) is 3. The maximum absolute atomic E-state index is 10.5. The minimum Gasteiger partial charge on any atom is -0.298 e. The van der Waals surface area contributed by atoms with E-state index in [9.17, 15) is 4.79 Å². The lowest BCUT2D eigenvalue weighted by molar-refractivity contribution is 0.112. The Hall–Kier alpha value is -1.31. The highest BCUT2D eigenvalue weighted by atomic mass is 32.1. The number of thiocarbonyl (C=S) groups is 1. The van der Waals surface area contributed by atoms with E-state index >= 15 is 0 Å². The molecule has 0 saturated heterocycles. The number of rotatable bonds is 3. The summed E-state index contributed by atoms with van der Waals surface area (Å²) in [5.41, 5.74) is 1.54. The zero-order valence-electron chi connectivity index (χ0n) is 6.36. The van der Waals surface area contributed by atoms with Gasteiger partial charge in [0.05, 0.1) is 11.7 Å². The Labute approximate surface area is 75.9 Å². The first-order chi connectivity index (χ1) is 5.88. The molecular weight excluding hydrogens is 170 g/mol. The Bertz CT molecular complexity index is 329. The molecule has 0 spiro atoms. The van der Waals surface area contributed by atoms with Crippen LogP contribution in [0.1, 0.15) is 15.9 Å². The SMILES string of the molecule is O=Cc1ccccc1CN=C=S. The van der Waals surface area contributed by atoms with Crippen molar-refractivity contribution in [2.24, 2.45) is 4.99 Å². The van der Waals surface area contributed by atoms with Gasteiger partial charge in [-0.1, -0.05) is 24.3 Å². The molecule has 3 heteroatoms. The van der Waals surface area contributed by atoms with E-state index in [1.807, 2.05) is 18.2 Å². The fraction of sp³-hybridized carbons (Fsp3) is 0.111. The number of benzene rings is 1. The van der Waals surface area contributed by atoms with Crippen LogP contribution in [0.2, 0.25) is 0 Å². The predicted octanol–water partition coefficient (Wildman–Crippen LogP) is 2.10. The van der Waals surface area contributed by atoms with E-state index in [-0.39, 0.29) is 0 Å². The maximum Gasteiger partial charge on any atom is 0.150 e. The zero-order chi connectivity index (χ0) is 8.81. The molecule has 0 saturated carbocycles. The van der Waals surface area contributed by atoms with Crippen molar-refractivity contribution < 1.29 is 4.79 Å². The number of aliphatic imine (C=N–C) groups is 1. The normalized spacial score (nSPS) is 8.67. The fourth-order valence-corrected chi connectivity index (χ4v) is 0.975. The second kappa shape index (κ2) is 4.54. The molecule has 0 N–H and O–H groups in total. The van der Waals surface area contributed by atoms with Crippen LogP contribution in [-0.4, -0.2) is 11.4 Å². The first-order valence-corrected chi connectivity index (χ1v) is 3.86. The topological polar surface area (TPSA) is 29.4 Å². The summed E-state index contributed by atoms with van der Waals surface area (Å²) < 4.78 is 0. The molecule has 1 rings (SSSR count). The molecule has 0 heterocycles. The highest BCUT2D eigenvalue weighted by Crippen LogP contribution is 2.06. The van der Waals surface area contributed by atoms with Gasteiger partial charge in [-0.25, -0.2) is 4.99 Å². The van der Waals surface area contributed by atoms with Gasteiger partial charge in [0.25, 0.3) is 0 Å². The summed E-state index contributed by atoms with van der Waals surface area (Å²) in [7, 11) is 0. The smallest absolute Gasteiger partial charge is 0.150 e. The van der Waals surface area contributed by atoms with Gasteiger partial charge in [0.2, 0.25) is 0 Å². The van der Waals surface area contributed by atoms with Gasteiger partial charge in [-0.05, 0) is 17.8 Å². The van der Waals surface area contributed by atoms with Gasteiger partial charge in [-0.3, -0.25) is 4.79 Å². The predicted molar refractivity (Wildman–Crippen MR) is 50.6 cm³/mol. The van der Waals surface area contributed by atoms with Crippen molar-refractivity contribution in [1.29, 1.82) is 0 Å². The van der Waals surface area contributed by atoms with Gasteiger partial charge >= 0.3 is 0 Å². The number of isothiocyanates is 1. The average Bonchev–Trinajstić information content (AvgIpc) is 2.15. The molecule has 0 unspecified atom stereocenters. The molecule has 12 heavy (non-hydrogen) atoms. The van der Waals surface area contributed by atoms with E-state index in [1.165, 1.54) is 0 Å². The van der Waals surface area contributed by atoms with Gasteiger partial charge < -0.3 is 0 Å². The first-order valence-electron chi connectivity index (χ1n) is 3.45. The summed E-state index contributed by atoms with van der Waals surface area (Å²) >= 11 is 4.43. The molecule has 0 aromatic heterocycles. The molecule has 0 bridgehead atoms. The molecule has 2 nitrogen and oxygen atoms in total. The molecule has 0 aliphatic rings. The molecule has 1 aromatic rings. The molecule has 0 radical (unpaired) electrons. The molecule has 0 aliphatic carbocycles. The number of hydrogen-bond donors (Lipinski definition) is 0. The third-order valence-electron chi connectivity index (χ3n) is 1.50. The molecule has 0 atom stereocenters. The third kappa shape index (κ3) is 2.09. The summed E-state index contributed by atoms with van der Waals surface area (Å²) in [6, 6.07) is 7.27. The molecular formula is C9H7NOS. The standard InChI is InChI=1S/C9H7NOS/c11-6-9-4-2-1-3-8(9)5-10-7-12/h1-4,6H,5H2. The van der Waals surface area contributed by atoms with E-state index in [2.05, 4.69) is 22.4 Å². The van der Waals surface area contributed by atoms with Crippen LogP contribution < -0.4 is 0 Å². The summed E-state index contributed by atoms with van der Waals surface area (Å²) in [5.74, 6) is 0. The quantitative estimate of drug-likeness (QED) is 0.402. The van der Waals surface area contributed by atoms with E-state index in [0.717, 1.165) is 11.8 Å². The monoisotopic (exact) mass is 177 g/mol. The van der Waals surface area contributed by atoms with Crippen LogP contribution in [0.4, 0.5) is 0 Å². The zero-order valence-corrected chi connectivity index (χ0v) is 7.17. The van der Waals surface area contributed by atoms with Crippen molar-refractivity contribution >= 4 is 23.7 Å². The number of carbonyl (C=O) groups excluding carboxylic acids is 1. The molecule has 60 valence electrons. The lowest BCUT2D eigenvalue weighted by Gasteiger charge is -1.97. The Kier molecular flexibility index (Phi) is 3.33. The summed E-state index contributed by atoms with van der Waals surface area (Å²) in [4.78, 5) is 14.3. The fourth-order valence-electron chi connectivity index (χ4n) is 0.911. The van der Waals surface area contributed by atoms with E-state index in [4.69, 9.17) is 0 Å². The summed E-state index contributed by atoms with van der Waals surface area (Å²) in [5, 5.41) is 2.26. The Morgan fingerprint density at radius 1 is 1.50 bits per heavy atom. The van der Waals surface area contributed by atoms with Crippen molar-refractivity contribution in [3.63, 3.8) is 0 Å². The largest absolute Gasteiger partial charge is 0.298 e. The lowest BCUT2D eigenvalue weighted by Crippen LogP contribution is -1.89. The lowest BCUT2D eigenvalue weighted by atomic mass is 10.1. The van der Waals surface area contributed by atoms with E-state index < -0.39 is 0 Å². The first kappa shape index (κ1) is 8.78. The van der Waals surface area contributed by atoms with Gasteiger partial charge in [0.15, 0.2) is 0 Å². The summed E-state index contributed by atoms with van der Waals surface area (Å²) in [6.45, 7) is 0.429. The second-order valence-corrected chi connectivity index (χ2v) is 2.41. The van der Waals surface area contributed by atoms with Gasteiger partial charge in [-0.15, -0.1) is 0 Å². The van der Waals surface area contributed by atoms with E-state index in [1.54, 1.807) is 6.07 Å². The van der Waals surface area contributed by atoms with Crippen LogP contribution in [0.15, 0.2) is 29.3 Å². The highest BCUT2D eigenvalue weighted by molar-refractivity contribution is 7.78. The van der Waals surface area contributed by atoms with Crippen LogP contribution >= 0.6 is 12.2 Å². The number of carbonyl (C=O) groups is 1. The molecule has 1 aromatic carbocycles. The Morgan fingerprint density at radius 2 is 2.25 bits per heavy atom. The highest BCUT2D eigenvalue weighted by Gasteiger charge is 1.97. The summed E-state index contributed by atoms with van der Waals surface area (Å²) in [6.07, 6.45) is 0.814. The van der Waals surface area contributed by atoms with Gasteiger partial charge in [0.1, 0.15) is 6.29 Å². The second-order valence-electron chi connectivity index (χ2n) is 2.22. The molecule has 0 amide bonds. The minimum atomic E-state index is 0.429. The minimum absolute atomic E-state index is 0.429. The Morgan fingerprint density at radius 3 is 2.92 bits per heavy atom. The van der Waals surface area contributed by atoms with Crippen molar-refractivity contribution in [2.75, 3.05) is 0 Å². The number of aldehydes is 1. The van der Waals surface area contributed by atoms with Crippen LogP contribution in [0.5, 0.6) is 0 Å². The van der Waals surface area contributed by atoms with Crippen LogP contribution in [0.25, 0.3) is 0 Å². The van der Waals surface area contributed by atoms with Crippen molar-refractivity contribution in [3.05, 3.63) is 35.4 Å². The van der Waals surface area contributed by atoms with E-state index in [0.29, 0.717) is 12.1 Å². The van der Waals surface area contributed by atoms with Crippen LogP contribution in [0, 0.1) is 0 Å². The van der Waals surface area contributed by atoms with Crippen LogP contribution in [0.3, 0.4) is 0 Å². The average molecular weight is 177 g/mol.